The van der Waals surface area contributed by atoms with Gasteiger partial charge in [-0.15, -0.1) is 0 Å². The molecule has 4 nitrogen and oxygen atoms in total. The number of pyridine rings is 1. The summed E-state index contributed by atoms with van der Waals surface area (Å²) in [6.07, 6.45) is 0. The average molecular weight is 402 g/mol. The molecule has 0 aliphatic carbocycles. The Bertz CT molecular complexity index is 1080. The van der Waals surface area contributed by atoms with E-state index in [1.165, 1.54) is 0 Å². The highest BCUT2D eigenvalue weighted by atomic mass is 127. The zero-order valence-corrected chi connectivity index (χ0v) is 13.9. The topological polar surface area (TPSA) is 48.0 Å². The molecule has 2 heterocycles. The number of halogens is 1. The Morgan fingerprint density at radius 3 is 2.64 bits per heavy atom. The first kappa shape index (κ1) is 13.5. The van der Waals surface area contributed by atoms with Gasteiger partial charge in [-0.1, -0.05) is 24.3 Å². The van der Waals surface area contributed by atoms with Crippen LogP contribution in [0, 0.1) is 3.57 Å². The largest absolute Gasteiger partial charge is 0.435 e. The molecule has 0 amide bonds. The molecule has 0 aliphatic rings. The van der Waals surface area contributed by atoms with Crippen molar-refractivity contribution in [1.82, 2.24) is 9.55 Å². The van der Waals surface area contributed by atoms with Crippen molar-refractivity contribution in [2.24, 2.45) is 7.05 Å². The average Bonchev–Trinajstić information content (AvgIpc) is 2.98. The maximum absolute atomic E-state index is 12.5. The fourth-order valence-electron chi connectivity index (χ4n) is 2.62. The molecule has 4 aromatic rings. The van der Waals surface area contributed by atoms with Gasteiger partial charge in [0.1, 0.15) is 0 Å². The molecule has 2 aromatic heterocycles. The number of rotatable bonds is 1. The molecule has 0 atom stereocenters. The molecule has 0 aliphatic heterocycles. The fourth-order valence-corrected chi connectivity index (χ4v) is 3.24. The van der Waals surface area contributed by atoms with Crippen molar-refractivity contribution >= 4 is 44.6 Å². The number of aryl methyl sites for hydroxylation is 1. The molecular weight excluding hydrogens is 391 g/mol. The van der Waals surface area contributed by atoms with Crippen molar-refractivity contribution in [3.63, 3.8) is 0 Å². The van der Waals surface area contributed by atoms with Gasteiger partial charge in [-0.25, -0.2) is 4.98 Å². The van der Waals surface area contributed by atoms with E-state index in [4.69, 9.17) is 4.42 Å². The van der Waals surface area contributed by atoms with Crippen LogP contribution in [0.1, 0.15) is 0 Å². The molecule has 4 rings (SSSR count). The summed E-state index contributed by atoms with van der Waals surface area (Å²) in [4.78, 5) is 17.0. The standard InChI is InChI=1S/C17H11IN2O2/c1-20-13-9-5-3-7-11(13)15-14(17(20)21)19-16(22-15)10-6-2-4-8-12(10)18/h2-9H,1H3. The lowest BCUT2D eigenvalue weighted by atomic mass is 10.2. The molecule has 0 fully saturated rings. The molecule has 0 spiro atoms. The van der Waals surface area contributed by atoms with Crippen LogP contribution in [0.25, 0.3) is 33.5 Å². The molecular formula is C17H11IN2O2. The van der Waals surface area contributed by atoms with Gasteiger partial charge in [-0.05, 0) is 46.9 Å². The Balaban J connectivity index is 2.15. The van der Waals surface area contributed by atoms with Crippen LogP contribution in [0.2, 0.25) is 0 Å². The number of para-hydroxylation sites is 1. The number of hydrogen-bond donors (Lipinski definition) is 0. The Labute approximate surface area is 139 Å². The fraction of sp³-hybridized carbons (Fsp3) is 0.0588. The van der Waals surface area contributed by atoms with Crippen LogP contribution in [-0.4, -0.2) is 9.55 Å². The number of aromatic nitrogens is 2. The highest BCUT2D eigenvalue weighted by Gasteiger charge is 2.17. The molecule has 5 heteroatoms. The molecule has 0 saturated carbocycles. The van der Waals surface area contributed by atoms with Crippen LogP contribution < -0.4 is 5.56 Å². The highest BCUT2D eigenvalue weighted by Crippen LogP contribution is 2.30. The zero-order chi connectivity index (χ0) is 15.3. The van der Waals surface area contributed by atoms with Crippen molar-refractivity contribution in [1.29, 1.82) is 0 Å². The van der Waals surface area contributed by atoms with Crippen LogP contribution in [0.5, 0.6) is 0 Å². The van der Waals surface area contributed by atoms with Crippen LogP contribution in [0.3, 0.4) is 0 Å². The number of benzene rings is 2. The molecule has 0 saturated heterocycles. The monoisotopic (exact) mass is 402 g/mol. The van der Waals surface area contributed by atoms with Gasteiger partial charge in [0.15, 0.2) is 11.1 Å². The summed E-state index contributed by atoms with van der Waals surface area (Å²) in [5.41, 5.74) is 2.51. The Kier molecular flexibility index (Phi) is 3.04. The molecule has 2 aromatic carbocycles. The summed E-state index contributed by atoms with van der Waals surface area (Å²) in [6.45, 7) is 0. The second-order valence-electron chi connectivity index (χ2n) is 5.06. The summed E-state index contributed by atoms with van der Waals surface area (Å²) in [5, 5.41) is 0.893. The normalized spacial score (nSPS) is 11.4. The predicted molar refractivity (Wildman–Crippen MR) is 94.9 cm³/mol. The smallest absolute Gasteiger partial charge is 0.280 e. The molecule has 0 unspecified atom stereocenters. The summed E-state index contributed by atoms with van der Waals surface area (Å²) < 4.78 is 8.60. The van der Waals surface area contributed by atoms with Gasteiger partial charge in [-0.3, -0.25) is 4.79 Å². The Morgan fingerprint density at radius 2 is 1.82 bits per heavy atom. The van der Waals surface area contributed by atoms with E-state index in [0.29, 0.717) is 17.0 Å². The van der Waals surface area contributed by atoms with Crippen LogP contribution in [-0.2, 0) is 7.05 Å². The second-order valence-corrected chi connectivity index (χ2v) is 6.22. The Hall–Kier alpha value is -2.15. The highest BCUT2D eigenvalue weighted by molar-refractivity contribution is 14.1. The van der Waals surface area contributed by atoms with Crippen molar-refractivity contribution in [2.45, 2.75) is 0 Å². The SMILES string of the molecule is Cn1c(=O)c2nc(-c3ccccc3I)oc2c2ccccc21. The van der Waals surface area contributed by atoms with Crippen molar-refractivity contribution in [3.8, 4) is 11.5 Å². The van der Waals surface area contributed by atoms with Gasteiger partial charge < -0.3 is 8.98 Å². The van der Waals surface area contributed by atoms with Crippen LogP contribution in [0.15, 0.2) is 57.7 Å². The van der Waals surface area contributed by atoms with Gasteiger partial charge in [-0.2, -0.15) is 0 Å². The third-order valence-corrected chi connectivity index (χ3v) is 4.69. The minimum absolute atomic E-state index is 0.144. The summed E-state index contributed by atoms with van der Waals surface area (Å²) in [5.74, 6) is 0.480. The molecule has 0 radical (unpaired) electrons. The second kappa shape index (κ2) is 4.95. The summed E-state index contributed by atoms with van der Waals surface area (Å²) in [7, 11) is 1.75. The molecule has 0 bridgehead atoms. The molecule has 108 valence electrons. The van der Waals surface area contributed by atoms with Gasteiger partial charge in [0.2, 0.25) is 5.89 Å². The number of hydrogen-bond acceptors (Lipinski definition) is 3. The van der Waals surface area contributed by atoms with E-state index in [1.54, 1.807) is 11.6 Å². The van der Waals surface area contributed by atoms with E-state index >= 15 is 0 Å². The maximum Gasteiger partial charge on any atom is 0.280 e. The minimum atomic E-state index is -0.144. The van der Waals surface area contributed by atoms with Crippen molar-refractivity contribution in [2.75, 3.05) is 0 Å². The van der Waals surface area contributed by atoms with Gasteiger partial charge in [0.25, 0.3) is 5.56 Å². The number of fused-ring (bicyclic) bond motifs is 3. The lowest BCUT2D eigenvalue weighted by Gasteiger charge is -2.03. The predicted octanol–water partition coefficient (Wildman–Crippen LogP) is 3.95. The lowest BCUT2D eigenvalue weighted by Crippen LogP contribution is -2.17. The first-order chi connectivity index (χ1) is 10.7. The molecule has 0 N–H and O–H groups in total. The summed E-state index contributed by atoms with van der Waals surface area (Å²) in [6, 6.07) is 15.5. The lowest BCUT2D eigenvalue weighted by molar-refractivity contribution is 0.622. The van der Waals surface area contributed by atoms with Crippen LogP contribution >= 0.6 is 22.6 Å². The first-order valence-corrected chi connectivity index (χ1v) is 7.88. The van der Waals surface area contributed by atoms with E-state index in [9.17, 15) is 4.79 Å². The van der Waals surface area contributed by atoms with E-state index < -0.39 is 0 Å². The van der Waals surface area contributed by atoms with Gasteiger partial charge in [0.05, 0.1) is 11.1 Å². The molecule has 22 heavy (non-hydrogen) atoms. The van der Waals surface area contributed by atoms with E-state index in [0.717, 1.165) is 20.0 Å². The zero-order valence-electron chi connectivity index (χ0n) is 11.7. The number of oxazole rings is 1. The van der Waals surface area contributed by atoms with Crippen LogP contribution in [0.4, 0.5) is 0 Å². The van der Waals surface area contributed by atoms with E-state index in [-0.39, 0.29) is 5.56 Å². The third kappa shape index (κ3) is 1.89. The maximum atomic E-state index is 12.5. The summed E-state index contributed by atoms with van der Waals surface area (Å²) >= 11 is 2.24. The Morgan fingerprint density at radius 1 is 1.09 bits per heavy atom. The van der Waals surface area contributed by atoms with E-state index in [2.05, 4.69) is 27.6 Å². The van der Waals surface area contributed by atoms with Crippen molar-refractivity contribution < 1.29 is 4.42 Å². The third-order valence-electron chi connectivity index (χ3n) is 3.75. The quantitative estimate of drug-likeness (QED) is 0.453. The number of nitrogens with zero attached hydrogens (tertiary/aromatic N) is 2. The van der Waals surface area contributed by atoms with E-state index in [1.807, 2.05) is 48.5 Å². The first-order valence-electron chi connectivity index (χ1n) is 6.80. The van der Waals surface area contributed by atoms with Gasteiger partial charge >= 0.3 is 0 Å². The minimum Gasteiger partial charge on any atom is -0.435 e. The van der Waals surface area contributed by atoms with Gasteiger partial charge in [0, 0.05) is 16.0 Å². The van der Waals surface area contributed by atoms with Crippen molar-refractivity contribution in [3.05, 3.63) is 62.5 Å².